The fraction of sp³-hybridized carbons (Fsp3) is 0.292. The number of hydrogen-bond donors (Lipinski definition) is 1. The second kappa shape index (κ2) is 8.63. The highest BCUT2D eigenvalue weighted by molar-refractivity contribution is 5.98. The number of nitrogens with one attached hydrogen (secondary N) is 1. The number of hydrogen-bond acceptors (Lipinski definition) is 6. The van der Waals surface area contributed by atoms with Gasteiger partial charge in [-0.3, -0.25) is 4.98 Å². The minimum absolute atomic E-state index is 0.573. The number of fused-ring (bicyclic) bond motifs is 1. The van der Waals surface area contributed by atoms with Gasteiger partial charge in [-0.1, -0.05) is 6.07 Å². The van der Waals surface area contributed by atoms with Crippen molar-refractivity contribution in [1.82, 2.24) is 19.7 Å². The molecule has 0 bridgehead atoms. The van der Waals surface area contributed by atoms with Crippen LogP contribution in [-0.4, -0.2) is 33.5 Å². The summed E-state index contributed by atoms with van der Waals surface area (Å²) in [6, 6.07) is 11.8. The highest BCUT2D eigenvalue weighted by Crippen LogP contribution is 2.37. The number of aromatic nitrogens is 4. The average Bonchev–Trinajstić information content (AvgIpc) is 3.05. The standard InChI is InChI=1S/C24H27N5O2/c1-6-31-19-10-11-20(21(13-19)30-5)29-16(3)22-15(2)27-28-24(23(22)17(29)4)26-14-18-9-7-8-12-25-18/h7-13H,6,14H2,1-5H3,(H,26,28). The van der Waals surface area contributed by atoms with Gasteiger partial charge in [-0.05, 0) is 52.0 Å². The molecule has 7 heteroatoms. The molecule has 1 N–H and O–H groups in total. The molecule has 4 rings (SSSR count). The van der Waals surface area contributed by atoms with E-state index in [1.54, 1.807) is 13.3 Å². The fourth-order valence-corrected chi connectivity index (χ4v) is 4.06. The molecule has 0 atom stereocenters. The monoisotopic (exact) mass is 417 g/mol. The molecule has 31 heavy (non-hydrogen) atoms. The quantitative estimate of drug-likeness (QED) is 0.467. The first-order valence-corrected chi connectivity index (χ1v) is 10.3. The largest absolute Gasteiger partial charge is 0.494 e. The molecular weight excluding hydrogens is 390 g/mol. The topological polar surface area (TPSA) is 74.1 Å². The van der Waals surface area contributed by atoms with Crippen molar-refractivity contribution in [3.63, 3.8) is 0 Å². The van der Waals surface area contributed by atoms with Crippen LogP contribution in [-0.2, 0) is 6.54 Å². The number of methoxy groups -OCH3 is 1. The van der Waals surface area contributed by atoms with Crippen LogP contribution < -0.4 is 14.8 Å². The van der Waals surface area contributed by atoms with Gasteiger partial charge < -0.3 is 19.4 Å². The summed E-state index contributed by atoms with van der Waals surface area (Å²) in [6.45, 7) is 9.33. The van der Waals surface area contributed by atoms with Crippen LogP contribution in [0.25, 0.3) is 16.5 Å². The van der Waals surface area contributed by atoms with Crippen molar-refractivity contribution in [2.45, 2.75) is 34.2 Å². The van der Waals surface area contributed by atoms with Gasteiger partial charge in [-0.2, -0.15) is 5.10 Å². The number of pyridine rings is 1. The highest BCUT2D eigenvalue weighted by atomic mass is 16.5. The Morgan fingerprint density at radius 3 is 2.52 bits per heavy atom. The van der Waals surface area contributed by atoms with Crippen LogP contribution in [0.1, 0.15) is 29.7 Å². The number of aryl methyl sites for hydroxylation is 3. The Balaban J connectivity index is 1.84. The van der Waals surface area contributed by atoms with Gasteiger partial charge in [0.05, 0.1) is 37.3 Å². The summed E-state index contributed by atoms with van der Waals surface area (Å²) in [7, 11) is 1.68. The summed E-state index contributed by atoms with van der Waals surface area (Å²) >= 11 is 0. The van der Waals surface area contributed by atoms with E-state index in [4.69, 9.17) is 9.47 Å². The Bertz CT molecular complexity index is 1220. The van der Waals surface area contributed by atoms with E-state index in [1.165, 1.54) is 0 Å². The highest BCUT2D eigenvalue weighted by Gasteiger charge is 2.21. The third kappa shape index (κ3) is 3.79. The van der Waals surface area contributed by atoms with Crippen molar-refractivity contribution >= 4 is 16.6 Å². The Labute approximate surface area is 182 Å². The Morgan fingerprint density at radius 1 is 1.00 bits per heavy atom. The third-order valence-corrected chi connectivity index (χ3v) is 5.41. The van der Waals surface area contributed by atoms with Crippen LogP contribution in [0.4, 0.5) is 5.82 Å². The zero-order valence-electron chi connectivity index (χ0n) is 18.6. The van der Waals surface area contributed by atoms with Gasteiger partial charge in [0, 0.05) is 34.4 Å². The molecule has 0 fully saturated rings. The number of anilines is 1. The van der Waals surface area contributed by atoms with Gasteiger partial charge >= 0.3 is 0 Å². The lowest BCUT2D eigenvalue weighted by Crippen LogP contribution is -2.05. The number of ether oxygens (including phenoxy) is 2. The van der Waals surface area contributed by atoms with Crippen LogP contribution in [0, 0.1) is 20.8 Å². The summed E-state index contributed by atoms with van der Waals surface area (Å²) in [4.78, 5) is 4.39. The maximum absolute atomic E-state index is 5.70. The van der Waals surface area contributed by atoms with E-state index >= 15 is 0 Å². The van der Waals surface area contributed by atoms with Crippen molar-refractivity contribution in [3.05, 3.63) is 65.4 Å². The van der Waals surface area contributed by atoms with E-state index in [1.807, 2.05) is 50.2 Å². The van der Waals surface area contributed by atoms with E-state index < -0.39 is 0 Å². The van der Waals surface area contributed by atoms with Crippen molar-refractivity contribution in [1.29, 1.82) is 0 Å². The first kappa shape index (κ1) is 20.7. The molecule has 0 saturated heterocycles. The lowest BCUT2D eigenvalue weighted by Gasteiger charge is -2.15. The predicted molar refractivity (Wildman–Crippen MR) is 122 cm³/mol. The second-order valence-electron chi connectivity index (χ2n) is 7.33. The van der Waals surface area contributed by atoms with Gasteiger partial charge in [0.25, 0.3) is 0 Å². The lowest BCUT2D eigenvalue weighted by molar-refractivity contribution is 0.336. The summed E-state index contributed by atoms with van der Waals surface area (Å²) in [5.74, 6) is 2.28. The van der Waals surface area contributed by atoms with Gasteiger partial charge in [0.1, 0.15) is 11.5 Å². The summed E-state index contributed by atoms with van der Waals surface area (Å²) < 4.78 is 13.5. The molecule has 160 valence electrons. The van der Waals surface area contributed by atoms with Crippen molar-refractivity contribution in [2.24, 2.45) is 0 Å². The molecule has 3 aromatic heterocycles. The zero-order chi connectivity index (χ0) is 22.0. The number of rotatable bonds is 7. The molecular formula is C24H27N5O2. The van der Waals surface area contributed by atoms with Crippen LogP contribution in [0.2, 0.25) is 0 Å². The first-order chi connectivity index (χ1) is 15.0. The number of nitrogens with zero attached hydrogens (tertiary/aromatic N) is 4. The summed E-state index contributed by atoms with van der Waals surface area (Å²) in [6.07, 6.45) is 1.79. The fourth-order valence-electron chi connectivity index (χ4n) is 4.06. The van der Waals surface area contributed by atoms with E-state index in [9.17, 15) is 0 Å². The number of benzene rings is 1. The molecule has 0 spiro atoms. The Morgan fingerprint density at radius 2 is 1.81 bits per heavy atom. The molecule has 0 unspecified atom stereocenters. The molecule has 0 amide bonds. The normalized spacial score (nSPS) is 11.0. The third-order valence-electron chi connectivity index (χ3n) is 5.41. The summed E-state index contributed by atoms with van der Waals surface area (Å²) in [5, 5.41) is 14.4. The maximum Gasteiger partial charge on any atom is 0.158 e. The van der Waals surface area contributed by atoms with Crippen LogP contribution >= 0.6 is 0 Å². The van der Waals surface area contributed by atoms with Gasteiger partial charge in [0.2, 0.25) is 0 Å². The predicted octanol–water partition coefficient (Wildman–Crippen LogP) is 4.76. The SMILES string of the molecule is CCOc1ccc(-n2c(C)c3c(C)nnc(NCc4ccccn4)c3c2C)c(OC)c1. The van der Waals surface area contributed by atoms with E-state index in [2.05, 4.69) is 38.9 Å². The van der Waals surface area contributed by atoms with Crippen LogP contribution in [0.3, 0.4) is 0 Å². The van der Waals surface area contributed by atoms with Crippen molar-refractivity contribution in [3.8, 4) is 17.2 Å². The molecule has 0 radical (unpaired) electrons. The zero-order valence-corrected chi connectivity index (χ0v) is 18.6. The van der Waals surface area contributed by atoms with Crippen molar-refractivity contribution in [2.75, 3.05) is 19.0 Å². The van der Waals surface area contributed by atoms with E-state index in [-0.39, 0.29) is 0 Å². The minimum Gasteiger partial charge on any atom is -0.494 e. The van der Waals surface area contributed by atoms with E-state index in [0.29, 0.717) is 13.2 Å². The molecule has 7 nitrogen and oxygen atoms in total. The molecule has 1 aromatic carbocycles. The maximum atomic E-state index is 5.70. The molecule has 0 saturated carbocycles. The molecule has 4 aromatic rings. The van der Waals surface area contributed by atoms with Crippen molar-refractivity contribution < 1.29 is 9.47 Å². The van der Waals surface area contributed by atoms with E-state index in [0.717, 1.165) is 56.6 Å². The molecule has 0 aliphatic heterocycles. The Kier molecular flexibility index (Phi) is 5.75. The molecule has 3 heterocycles. The smallest absolute Gasteiger partial charge is 0.158 e. The van der Waals surface area contributed by atoms with Gasteiger partial charge in [-0.25, -0.2) is 0 Å². The lowest BCUT2D eigenvalue weighted by atomic mass is 10.1. The second-order valence-corrected chi connectivity index (χ2v) is 7.33. The molecule has 0 aliphatic carbocycles. The minimum atomic E-state index is 0.573. The van der Waals surface area contributed by atoms with Gasteiger partial charge in [0.15, 0.2) is 5.82 Å². The van der Waals surface area contributed by atoms with Crippen LogP contribution in [0.15, 0.2) is 42.6 Å². The average molecular weight is 418 g/mol. The Hall–Kier alpha value is -3.61. The first-order valence-electron chi connectivity index (χ1n) is 10.3. The van der Waals surface area contributed by atoms with Gasteiger partial charge in [-0.15, -0.1) is 5.10 Å². The van der Waals surface area contributed by atoms with Crippen LogP contribution in [0.5, 0.6) is 11.5 Å². The molecule has 0 aliphatic rings. The summed E-state index contributed by atoms with van der Waals surface area (Å²) in [5.41, 5.74) is 4.94.